The van der Waals surface area contributed by atoms with Gasteiger partial charge in [-0.05, 0) is 62.4 Å². The number of methoxy groups -OCH3 is 1. The van der Waals surface area contributed by atoms with E-state index in [2.05, 4.69) is 27.2 Å². The maximum absolute atomic E-state index is 12.6. The molecule has 0 aliphatic carbocycles. The highest BCUT2D eigenvalue weighted by molar-refractivity contribution is 5.97. The molecule has 0 spiro atoms. The van der Waals surface area contributed by atoms with Crippen molar-refractivity contribution < 1.29 is 14.3 Å². The van der Waals surface area contributed by atoms with Crippen molar-refractivity contribution in [2.75, 3.05) is 43.5 Å². The number of Topliss-reactive ketones (excluding diaryl/α,β-unsaturated/α-hetero) is 1. The fraction of sp³-hybridized carbons (Fsp3) is 0.364. The normalized spacial score (nSPS) is 15.8. The quantitative estimate of drug-likeness (QED) is 0.780. The second-order valence-corrected chi connectivity index (χ2v) is 7.02. The van der Waals surface area contributed by atoms with E-state index >= 15 is 0 Å². The summed E-state index contributed by atoms with van der Waals surface area (Å²) in [4.78, 5) is 28.5. The number of carbonyl (C=O) groups is 2. The molecule has 1 aliphatic rings. The van der Waals surface area contributed by atoms with Gasteiger partial charge < -0.3 is 15.0 Å². The van der Waals surface area contributed by atoms with E-state index in [1.165, 1.54) is 12.6 Å². The average Bonchev–Trinajstić information content (AvgIpc) is 2.73. The number of ether oxygens (including phenoxy) is 1. The second-order valence-electron chi connectivity index (χ2n) is 7.02. The molecule has 1 amide bonds. The van der Waals surface area contributed by atoms with Crippen LogP contribution in [0.2, 0.25) is 0 Å². The summed E-state index contributed by atoms with van der Waals surface area (Å²) >= 11 is 0. The minimum absolute atomic E-state index is 0.0148. The Bertz CT molecular complexity index is 810. The van der Waals surface area contributed by atoms with Gasteiger partial charge in [-0.15, -0.1) is 0 Å². The Kier molecular flexibility index (Phi) is 6.31. The van der Waals surface area contributed by atoms with Crippen LogP contribution in [-0.2, 0) is 4.79 Å². The van der Waals surface area contributed by atoms with Crippen molar-refractivity contribution in [3.05, 3.63) is 54.1 Å². The van der Waals surface area contributed by atoms with Gasteiger partial charge in [0.25, 0.3) is 0 Å². The Labute approximate surface area is 166 Å². The van der Waals surface area contributed by atoms with E-state index < -0.39 is 0 Å². The number of anilines is 2. The Morgan fingerprint density at radius 2 is 1.57 bits per heavy atom. The topological polar surface area (TPSA) is 61.9 Å². The maximum atomic E-state index is 12.6. The number of benzene rings is 2. The lowest BCUT2D eigenvalue weighted by atomic mass is 10.1. The number of hydrogen-bond donors (Lipinski definition) is 1. The van der Waals surface area contributed by atoms with Crippen LogP contribution in [0.4, 0.5) is 11.4 Å². The molecule has 148 valence electrons. The van der Waals surface area contributed by atoms with Gasteiger partial charge in [-0.25, -0.2) is 0 Å². The molecule has 0 saturated carbocycles. The van der Waals surface area contributed by atoms with Gasteiger partial charge in [-0.2, -0.15) is 0 Å². The number of nitrogens with one attached hydrogen (secondary N) is 1. The minimum atomic E-state index is -0.217. The van der Waals surface area contributed by atoms with Gasteiger partial charge in [-0.1, -0.05) is 0 Å². The van der Waals surface area contributed by atoms with Crippen LogP contribution < -0.4 is 15.0 Å². The lowest BCUT2D eigenvalue weighted by molar-refractivity contribution is -0.120. The standard InChI is InChI=1S/C22H27N3O3/c1-16(22(27)23-19-6-4-18(5-7-19)17(2)26)24-12-14-25(15-13-24)20-8-10-21(28-3)11-9-20/h4-11,16H,12-15H2,1-3H3,(H,23,27)/t16-/m0/s1. The van der Waals surface area contributed by atoms with Gasteiger partial charge in [0, 0.05) is 43.1 Å². The van der Waals surface area contributed by atoms with E-state index in [1.807, 2.05) is 19.1 Å². The highest BCUT2D eigenvalue weighted by Crippen LogP contribution is 2.21. The molecule has 1 fully saturated rings. The van der Waals surface area contributed by atoms with Crippen LogP contribution in [0.1, 0.15) is 24.2 Å². The highest BCUT2D eigenvalue weighted by Gasteiger charge is 2.25. The maximum Gasteiger partial charge on any atom is 0.241 e. The van der Waals surface area contributed by atoms with E-state index in [-0.39, 0.29) is 17.7 Å². The number of carbonyl (C=O) groups excluding carboxylic acids is 2. The first-order chi connectivity index (χ1) is 13.5. The van der Waals surface area contributed by atoms with E-state index in [1.54, 1.807) is 31.4 Å². The molecule has 1 aliphatic heterocycles. The number of nitrogens with zero attached hydrogens (tertiary/aromatic N) is 2. The van der Waals surface area contributed by atoms with Gasteiger partial charge in [0.1, 0.15) is 5.75 Å². The summed E-state index contributed by atoms with van der Waals surface area (Å²) in [6, 6.07) is 14.8. The largest absolute Gasteiger partial charge is 0.497 e. The van der Waals surface area contributed by atoms with Crippen LogP contribution in [0.25, 0.3) is 0 Å². The fourth-order valence-corrected chi connectivity index (χ4v) is 3.36. The summed E-state index contributed by atoms with van der Waals surface area (Å²) in [5, 5.41) is 2.94. The predicted octanol–water partition coefficient (Wildman–Crippen LogP) is 3.05. The lowest BCUT2D eigenvalue weighted by Crippen LogP contribution is -2.52. The highest BCUT2D eigenvalue weighted by atomic mass is 16.5. The molecule has 0 radical (unpaired) electrons. The molecule has 1 heterocycles. The summed E-state index contributed by atoms with van der Waals surface area (Å²) in [6.45, 7) is 6.85. The van der Waals surface area contributed by atoms with Crippen LogP contribution in [0.15, 0.2) is 48.5 Å². The smallest absolute Gasteiger partial charge is 0.241 e. The Morgan fingerprint density at radius 3 is 2.11 bits per heavy atom. The average molecular weight is 381 g/mol. The summed E-state index contributed by atoms with van der Waals surface area (Å²) < 4.78 is 5.21. The third-order valence-corrected chi connectivity index (χ3v) is 5.24. The third-order valence-electron chi connectivity index (χ3n) is 5.24. The monoisotopic (exact) mass is 381 g/mol. The first-order valence-corrected chi connectivity index (χ1v) is 9.53. The van der Waals surface area contributed by atoms with Gasteiger partial charge in [0.15, 0.2) is 5.78 Å². The second kappa shape index (κ2) is 8.89. The van der Waals surface area contributed by atoms with Crippen LogP contribution in [0, 0.1) is 0 Å². The number of rotatable bonds is 6. The third kappa shape index (κ3) is 4.70. The van der Waals surface area contributed by atoms with Crippen molar-refractivity contribution in [2.24, 2.45) is 0 Å². The molecule has 1 N–H and O–H groups in total. The van der Waals surface area contributed by atoms with E-state index in [4.69, 9.17) is 4.74 Å². The number of amides is 1. The molecule has 6 heteroatoms. The molecule has 0 unspecified atom stereocenters. The number of piperazine rings is 1. The molecular formula is C22H27N3O3. The molecule has 28 heavy (non-hydrogen) atoms. The molecule has 1 saturated heterocycles. The number of ketones is 1. The predicted molar refractivity (Wildman–Crippen MR) is 111 cm³/mol. The molecule has 2 aromatic rings. The van der Waals surface area contributed by atoms with Crippen molar-refractivity contribution in [3.63, 3.8) is 0 Å². The molecule has 6 nitrogen and oxygen atoms in total. The Hall–Kier alpha value is -2.86. The van der Waals surface area contributed by atoms with Gasteiger partial charge in [-0.3, -0.25) is 14.5 Å². The van der Waals surface area contributed by atoms with Crippen molar-refractivity contribution in [2.45, 2.75) is 19.9 Å². The minimum Gasteiger partial charge on any atom is -0.497 e. The van der Waals surface area contributed by atoms with E-state index in [0.717, 1.165) is 31.9 Å². The van der Waals surface area contributed by atoms with Crippen LogP contribution in [0.3, 0.4) is 0 Å². The first-order valence-electron chi connectivity index (χ1n) is 9.53. The van der Waals surface area contributed by atoms with Crippen molar-refractivity contribution in [1.82, 2.24) is 4.90 Å². The van der Waals surface area contributed by atoms with Gasteiger partial charge in [0.2, 0.25) is 5.91 Å². The summed E-state index contributed by atoms with van der Waals surface area (Å²) in [5.74, 6) is 0.832. The SMILES string of the molecule is COc1ccc(N2CCN([C@@H](C)C(=O)Nc3ccc(C(C)=O)cc3)CC2)cc1. The summed E-state index contributed by atoms with van der Waals surface area (Å²) in [6.07, 6.45) is 0. The van der Waals surface area contributed by atoms with Gasteiger partial charge in [0.05, 0.1) is 13.2 Å². The van der Waals surface area contributed by atoms with Gasteiger partial charge >= 0.3 is 0 Å². The van der Waals surface area contributed by atoms with Crippen LogP contribution in [-0.4, -0.2) is 55.9 Å². The summed E-state index contributed by atoms with van der Waals surface area (Å²) in [7, 11) is 1.66. The molecular weight excluding hydrogens is 354 g/mol. The summed E-state index contributed by atoms with van der Waals surface area (Å²) in [5.41, 5.74) is 2.52. The Balaban J connectivity index is 1.52. The molecule has 2 aromatic carbocycles. The number of hydrogen-bond acceptors (Lipinski definition) is 5. The lowest BCUT2D eigenvalue weighted by Gasteiger charge is -2.38. The van der Waals surface area contributed by atoms with E-state index in [0.29, 0.717) is 11.3 Å². The zero-order valence-corrected chi connectivity index (χ0v) is 16.6. The van der Waals surface area contributed by atoms with E-state index in [9.17, 15) is 9.59 Å². The van der Waals surface area contributed by atoms with Crippen molar-refractivity contribution >= 4 is 23.1 Å². The fourth-order valence-electron chi connectivity index (χ4n) is 3.36. The molecule has 1 atom stereocenters. The Morgan fingerprint density at radius 1 is 0.964 bits per heavy atom. The molecule has 3 rings (SSSR count). The molecule has 0 aromatic heterocycles. The zero-order chi connectivity index (χ0) is 20.1. The van der Waals surface area contributed by atoms with Crippen LogP contribution in [0.5, 0.6) is 5.75 Å². The van der Waals surface area contributed by atoms with Crippen LogP contribution >= 0.6 is 0 Å². The van der Waals surface area contributed by atoms with Crippen molar-refractivity contribution in [1.29, 1.82) is 0 Å². The van der Waals surface area contributed by atoms with Crippen molar-refractivity contribution in [3.8, 4) is 5.75 Å². The zero-order valence-electron chi connectivity index (χ0n) is 16.6. The first kappa shape index (κ1) is 19.9. The molecule has 0 bridgehead atoms.